The van der Waals surface area contributed by atoms with Crippen molar-refractivity contribution in [3.05, 3.63) is 39.6 Å². The third-order valence-electron chi connectivity index (χ3n) is 2.41. The van der Waals surface area contributed by atoms with E-state index in [-0.39, 0.29) is 5.92 Å². The van der Waals surface area contributed by atoms with E-state index in [0.717, 1.165) is 11.3 Å². The first-order valence-electron chi connectivity index (χ1n) is 4.55. The van der Waals surface area contributed by atoms with Crippen LogP contribution in [0.25, 0.3) is 0 Å². The number of aromatic nitrogens is 2. The van der Waals surface area contributed by atoms with E-state index in [1.54, 1.807) is 0 Å². The van der Waals surface area contributed by atoms with Gasteiger partial charge in [0.1, 0.15) is 18.3 Å². The van der Waals surface area contributed by atoms with E-state index in [2.05, 4.69) is 10.1 Å². The van der Waals surface area contributed by atoms with E-state index in [1.807, 2.05) is 46.9 Å². The lowest BCUT2D eigenvalue weighted by atomic mass is 10.0. The Morgan fingerprint density at radius 3 is 3.00 bits per heavy atom. The largest absolute Gasteiger partial charge is 0.492 e. The SMILES string of the molecule is Ic1noc(C2COc3ccccc32)n1. The molecule has 0 amide bonds. The highest BCUT2D eigenvalue weighted by Crippen LogP contribution is 2.36. The van der Waals surface area contributed by atoms with Crippen LogP contribution in [0.2, 0.25) is 0 Å². The lowest BCUT2D eigenvalue weighted by molar-refractivity contribution is 0.304. The Hall–Kier alpha value is -1.11. The second-order valence-corrected chi connectivity index (χ2v) is 4.27. The second-order valence-electron chi connectivity index (χ2n) is 3.30. The van der Waals surface area contributed by atoms with Crippen LogP contribution >= 0.6 is 22.6 Å². The highest BCUT2D eigenvalue weighted by atomic mass is 127. The first-order chi connectivity index (χ1) is 7.34. The molecule has 0 N–H and O–H groups in total. The first kappa shape index (κ1) is 9.14. The molecular weight excluding hydrogens is 307 g/mol. The molecule has 1 aliphatic heterocycles. The molecule has 1 aromatic carbocycles. The minimum Gasteiger partial charge on any atom is -0.492 e. The Labute approximate surface area is 99.8 Å². The number of fused-ring (bicyclic) bond motifs is 1. The van der Waals surface area contributed by atoms with Crippen LogP contribution in [0, 0.1) is 3.83 Å². The smallest absolute Gasteiger partial charge is 0.238 e. The van der Waals surface area contributed by atoms with Crippen LogP contribution in [0.1, 0.15) is 17.4 Å². The van der Waals surface area contributed by atoms with Gasteiger partial charge in [0.05, 0.1) is 0 Å². The van der Waals surface area contributed by atoms with Gasteiger partial charge in [0.15, 0.2) is 0 Å². The highest BCUT2D eigenvalue weighted by Gasteiger charge is 2.29. The summed E-state index contributed by atoms with van der Waals surface area (Å²) in [6.45, 7) is 0.581. The summed E-state index contributed by atoms with van der Waals surface area (Å²) in [4.78, 5) is 4.22. The average molecular weight is 314 g/mol. The third-order valence-corrected chi connectivity index (χ3v) is 2.85. The molecule has 0 fully saturated rings. The van der Waals surface area contributed by atoms with E-state index < -0.39 is 0 Å². The molecule has 0 saturated carbocycles. The molecule has 1 aliphatic rings. The Morgan fingerprint density at radius 2 is 2.20 bits per heavy atom. The Morgan fingerprint density at radius 1 is 1.33 bits per heavy atom. The quantitative estimate of drug-likeness (QED) is 0.757. The van der Waals surface area contributed by atoms with Crippen molar-refractivity contribution < 1.29 is 9.26 Å². The Kier molecular flexibility index (Phi) is 2.12. The number of hydrogen-bond acceptors (Lipinski definition) is 4. The maximum absolute atomic E-state index is 5.54. The number of rotatable bonds is 1. The van der Waals surface area contributed by atoms with E-state index >= 15 is 0 Å². The molecule has 4 nitrogen and oxygen atoms in total. The fourth-order valence-electron chi connectivity index (χ4n) is 1.72. The second kappa shape index (κ2) is 3.48. The van der Waals surface area contributed by atoms with Gasteiger partial charge in [-0.15, -0.1) is 0 Å². The summed E-state index contributed by atoms with van der Waals surface area (Å²) in [5, 5.41) is 3.78. The predicted octanol–water partition coefficient (Wildman–Crippen LogP) is 2.20. The summed E-state index contributed by atoms with van der Waals surface area (Å²) < 4.78 is 11.3. The monoisotopic (exact) mass is 314 g/mol. The van der Waals surface area contributed by atoms with Gasteiger partial charge in [-0.25, -0.2) is 0 Å². The van der Waals surface area contributed by atoms with Crippen LogP contribution < -0.4 is 4.74 Å². The van der Waals surface area contributed by atoms with Crippen molar-refractivity contribution in [2.24, 2.45) is 0 Å². The van der Waals surface area contributed by atoms with Gasteiger partial charge in [-0.2, -0.15) is 4.98 Å². The van der Waals surface area contributed by atoms with Gasteiger partial charge in [0, 0.05) is 28.2 Å². The molecule has 1 atom stereocenters. The van der Waals surface area contributed by atoms with Crippen molar-refractivity contribution in [3.63, 3.8) is 0 Å². The number of benzene rings is 1. The van der Waals surface area contributed by atoms with Gasteiger partial charge < -0.3 is 9.26 Å². The molecule has 2 aromatic rings. The molecule has 15 heavy (non-hydrogen) atoms. The zero-order valence-corrected chi connectivity index (χ0v) is 9.84. The van der Waals surface area contributed by atoms with Crippen molar-refractivity contribution in [3.8, 4) is 5.75 Å². The van der Waals surface area contributed by atoms with Crippen LogP contribution in [0.3, 0.4) is 0 Å². The van der Waals surface area contributed by atoms with Gasteiger partial charge >= 0.3 is 0 Å². The molecule has 0 radical (unpaired) electrons. The number of ether oxygens (including phenoxy) is 1. The summed E-state index contributed by atoms with van der Waals surface area (Å²) in [6.07, 6.45) is 0. The molecule has 0 spiro atoms. The normalized spacial score (nSPS) is 18.6. The highest BCUT2D eigenvalue weighted by molar-refractivity contribution is 14.1. The van der Waals surface area contributed by atoms with Crippen LogP contribution in [-0.2, 0) is 0 Å². The van der Waals surface area contributed by atoms with E-state index in [4.69, 9.17) is 9.26 Å². The number of hydrogen-bond donors (Lipinski definition) is 0. The zero-order chi connectivity index (χ0) is 10.3. The molecule has 0 bridgehead atoms. The fourth-order valence-corrected chi connectivity index (χ4v) is 2.06. The van der Waals surface area contributed by atoms with E-state index in [9.17, 15) is 0 Å². The van der Waals surface area contributed by atoms with Crippen molar-refractivity contribution in [2.75, 3.05) is 6.61 Å². The third kappa shape index (κ3) is 1.50. The molecule has 3 rings (SSSR count). The summed E-state index contributed by atoms with van der Waals surface area (Å²) >= 11 is 2.03. The molecule has 0 aliphatic carbocycles. The number of para-hydroxylation sites is 1. The first-order valence-corrected chi connectivity index (χ1v) is 5.63. The van der Waals surface area contributed by atoms with E-state index in [1.165, 1.54) is 0 Å². The maximum atomic E-state index is 5.54. The van der Waals surface area contributed by atoms with Crippen molar-refractivity contribution >= 4 is 22.6 Å². The Balaban J connectivity index is 2.04. The predicted molar refractivity (Wildman–Crippen MR) is 60.8 cm³/mol. The van der Waals surface area contributed by atoms with Gasteiger partial charge in [-0.05, 0) is 6.07 Å². The Bertz CT molecular complexity index is 498. The van der Waals surface area contributed by atoms with Crippen molar-refractivity contribution in [2.45, 2.75) is 5.92 Å². The molecule has 5 heteroatoms. The van der Waals surface area contributed by atoms with Crippen molar-refractivity contribution in [1.82, 2.24) is 10.1 Å². The minimum absolute atomic E-state index is 0.0808. The molecule has 1 unspecified atom stereocenters. The fraction of sp³-hybridized carbons (Fsp3) is 0.200. The summed E-state index contributed by atoms with van der Waals surface area (Å²) in [5.41, 5.74) is 1.12. The molecular formula is C10H7IN2O2. The van der Waals surface area contributed by atoms with Crippen LogP contribution in [0.4, 0.5) is 0 Å². The maximum Gasteiger partial charge on any atom is 0.238 e. The van der Waals surface area contributed by atoms with Gasteiger partial charge in [0.25, 0.3) is 0 Å². The summed E-state index contributed by atoms with van der Waals surface area (Å²) in [5.74, 6) is 1.62. The average Bonchev–Trinajstić information content (AvgIpc) is 2.83. The van der Waals surface area contributed by atoms with Gasteiger partial charge in [-0.1, -0.05) is 23.4 Å². The topological polar surface area (TPSA) is 48.2 Å². The van der Waals surface area contributed by atoms with Crippen LogP contribution in [0.5, 0.6) is 5.75 Å². The molecule has 0 saturated heterocycles. The van der Waals surface area contributed by atoms with Crippen LogP contribution in [0.15, 0.2) is 28.8 Å². The lowest BCUT2D eigenvalue weighted by Gasteiger charge is -2.00. The lowest BCUT2D eigenvalue weighted by Crippen LogP contribution is -2.02. The summed E-state index contributed by atoms with van der Waals surface area (Å²) in [6, 6.07) is 7.93. The van der Waals surface area contributed by atoms with E-state index in [0.29, 0.717) is 16.3 Å². The molecule has 1 aromatic heterocycles. The number of nitrogens with zero attached hydrogens (tertiary/aromatic N) is 2. The molecule has 2 heterocycles. The number of halogens is 1. The standard InChI is InChI=1S/C10H7IN2O2/c11-10-12-9(15-13-10)7-5-14-8-4-2-1-3-6(7)8/h1-4,7H,5H2. The minimum atomic E-state index is 0.0808. The summed E-state index contributed by atoms with van der Waals surface area (Å²) in [7, 11) is 0. The molecule has 76 valence electrons. The van der Waals surface area contributed by atoms with Crippen molar-refractivity contribution in [1.29, 1.82) is 0 Å². The van der Waals surface area contributed by atoms with Gasteiger partial charge in [0.2, 0.25) is 9.72 Å². The van der Waals surface area contributed by atoms with Gasteiger partial charge in [-0.3, -0.25) is 0 Å². The zero-order valence-electron chi connectivity index (χ0n) is 7.68. The van der Waals surface area contributed by atoms with Crippen LogP contribution in [-0.4, -0.2) is 16.7 Å².